The van der Waals surface area contributed by atoms with Gasteiger partial charge in [-0.1, -0.05) is 53.0 Å². The van der Waals surface area contributed by atoms with Crippen LogP contribution >= 0.6 is 34.8 Å². The Morgan fingerprint density at radius 2 is 1.76 bits per heavy atom. The summed E-state index contributed by atoms with van der Waals surface area (Å²) in [6, 6.07) is 9.25. The number of rotatable bonds is 4. The summed E-state index contributed by atoms with van der Waals surface area (Å²) in [6.07, 6.45) is 4.97. The van der Waals surface area contributed by atoms with Gasteiger partial charge in [0.1, 0.15) is 0 Å². The van der Waals surface area contributed by atoms with E-state index in [-0.39, 0.29) is 11.4 Å². The number of piperidine rings is 1. The Kier molecular flexibility index (Phi) is 5.61. The van der Waals surface area contributed by atoms with Crippen molar-refractivity contribution < 1.29 is 4.79 Å². The van der Waals surface area contributed by atoms with Crippen LogP contribution in [0.3, 0.4) is 0 Å². The lowest BCUT2D eigenvalue weighted by Crippen LogP contribution is -2.28. The van der Waals surface area contributed by atoms with E-state index < -0.39 is 9.58 Å². The lowest BCUT2D eigenvalue weighted by Gasteiger charge is -2.26. The minimum absolute atomic E-state index is 0.177. The molecule has 2 heterocycles. The highest BCUT2D eigenvalue weighted by atomic mass is 35.6. The number of alkyl halides is 3. The van der Waals surface area contributed by atoms with Gasteiger partial charge >= 0.3 is 0 Å². The number of benzene rings is 1. The van der Waals surface area contributed by atoms with Crippen LogP contribution in [0.25, 0.3) is 11.3 Å². The van der Waals surface area contributed by atoms with Crippen LogP contribution in [0.4, 0.5) is 0 Å². The van der Waals surface area contributed by atoms with Gasteiger partial charge in [-0.15, -0.1) is 5.10 Å². The minimum Gasteiger partial charge on any atom is -0.377 e. The number of carbonyl (C=O) groups excluding carboxylic acids is 1. The molecule has 25 heavy (non-hydrogen) atoms. The molecule has 1 aliphatic heterocycles. The molecule has 0 bridgehead atoms. The number of allylic oxidation sites excluding steroid dienone is 1. The number of likely N-dealkylation sites (tertiary alicyclic amines) is 1. The molecule has 1 fully saturated rings. The molecule has 0 N–H and O–H groups in total. The van der Waals surface area contributed by atoms with Gasteiger partial charge < -0.3 is 4.90 Å². The molecular weight excluding hydrogens is 385 g/mol. The zero-order valence-corrected chi connectivity index (χ0v) is 15.5. The number of para-hydroxylation sites is 1. The summed E-state index contributed by atoms with van der Waals surface area (Å²) in [5.41, 5.74) is 0.889. The SMILES string of the molecule is O=C(/C(=C/N1CCCCC1)c1nnnn1-c1ccccc1)C(Cl)(Cl)Cl. The summed E-state index contributed by atoms with van der Waals surface area (Å²) in [6.45, 7) is 1.67. The van der Waals surface area contributed by atoms with Crippen molar-refractivity contribution >= 4 is 46.2 Å². The van der Waals surface area contributed by atoms with Gasteiger partial charge in [0.05, 0.1) is 11.3 Å². The largest absolute Gasteiger partial charge is 0.377 e. The first kappa shape index (κ1) is 18.2. The monoisotopic (exact) mass is 399 g/mol. The molecule has 132 valence electrons. The number of ketones is 1. The van der Waals surface area contributed by atoms with E-state index >= 15 is 0 Å². The van der Waals surface area contributed by atoms with Gasteiger partial charge in [-0.2, -0.15) is 4.68 Å². The second-order valence-electron chi connectivity index (χ2n) is 5.72. The van der Waals surface area contributed by atoms with Crippen molar-refractivity contribution in [3.63, 3.8) is 0 Å². The predicted octanol–water partition coefficient (Wildman–Crippen LogP) is 3.43. The molecule has 1 aromatic heterocycles. The van der Waals surface area contributed by atoms with E-state index in [1.165, 1.54) is 11.1 Å². The molecule has 9 heteroatoms. The lowest BCUT2D eigenvalue weighted by molar-refractivity contribution is -0.113. The number of carbonyl (C=O) groups is 1. The number of tetrazole rings is 1. The normalized spacial score (nSPS) is 16.1. The third kappa shape index (κ3) is 4.32. The molecule has 1 saturated heterocycles. The van der Waals surface area contributed by atoms with Crippen LogP contribution in [-0.4, -0.2) is 47.8 Å². The zero-order valence-electron chi connectivity index (χ0n) is 13.3. The van der Waals surface area contributed by atoms with Gasteiger partial charge in [-0.05, 0) is 41.8 Å². The van der Waals surface area contributed by atoms with Crippen molar-refractivity contribution in [3.05, 3.63) is 42.4 Å². The number of hydrogen-bond acceptors (Lipinski definition) is 5. The van der Waals surface area contributed by atoms with Crippen LogP contribution in [0.2, 0.25) is 0 Å². The third-order valence-electron chi connectivity index (χ3n) is 3.92. The second kappa shape index (κ2) is 7.72. The van der Waals surface area contributed by atoms with E-state index in [1.807, 2.05) is 35.2 Å². The Hall–Kier alpha value is -1.63. The molecular formula is C16H16Cl3N5O. The van der Waals surface area contributed by atoms with E-state index in [4.69, 9.17) is 34.8 Å². The molecule has 2 aromatic rings. The molecule has 0 unspecified atom stereocenters. The van der Waals surface area contributed by atoms with Crippen LogP contribution < -0.4 is 0 Å². The molecule has 0 aliphatic carbocycles. The van der Waals surface area contributed by atoms with Crippen LogP contribution in [-0.2, 0) is 4.79 Å². The predicted molar refractivity (Wildman–Crippen MR) is 97.9 cm³/mol. The second-order valence-corrected chi connectivity index (χ2v) is 8.00. The summed E-state index contributed by atoms with van der Waals surface area (Å²) in [4.78, 5) is 14.8. The highest BCUT2D eigenvalue weighted by Crippen LogP contribution is 2.34. The van der Waals surface area contributed by atoms with E-state index in [2.05, 4.69) is 15.5 Å². The molecule has 0 spiro atoms. The van der Waals surface area contributed by atoms with Gasteiger partial charge in [0, 0.05) is 19.3 Å². The zero-order chi connectivity index (χ0) is 17.9. The quantitative estimate of drug-likeness (QED) is 0.581. The number of hydrogen-bond donors (Lipinski definition) is 0. The summed E-state index contributed by atoms with van der Waals surface area (Å²) in [5.74, 6) is -0.414. The average Bonchev–Trinajstić information content (AvgIpc) is 3.09. The first-order chi connectivity index (χ1) is 12.0. The van der Waals surface area contributed by atoms with Crippen molar-refractivity contribution in [2.75, 3.05) is 13.1 Å². The Bertz CT molecular complexity index is 764. The molecule has 1 aliphatic rings. The van der Waals surface area contributed by atoms with Gasteiger partial charge in [0.25, 0.3) is 3.79 Å². The molecule has 1 aromatic carbocycles. The highest BCUT2D eigenvalue weighted by Gasteiger charge is 2.36. The smallest absolute Gasteiger partial charge is 0.253 e. The summed E-state index contributed by atoms with van der Waals surface area (Å²) in [5, 5.41) is 11.7. The minimum atomic E-state index is -2.09. The molecule has 0 atom stereocenters. The van der Waals surface area contributed by atoms with Crippen LogP contribution in [0.15, 0.2) is 36.5 Å². The van der Waals surface area contributed by atoms with E-state index in [0.29, 0.717) is 5.69 Å². The highest BCUT2D eigenvalue weighted by molar-refractivity contribution is 6.79. The maximum Gasteiger partial charge on any atom is 0.253 e. The summed E-state index contributed by atoms with van der Waals surface area (Å²) >= 11 is 17.6. The molecule has 0 radical (unpaired) electrons. The Balaban J connectivity index is 2.05. The van der Waals surface area contributed by atoms with Crippen molar-refractivity contribution in [3.8, 4) is 5.69 Å². The van der Waals surface area contributed by atoms with Crippen molar-refractivity contribution in [2.24, 2.45) is 0 Å². The van der Waals surface area contributed by atoms with Crippen LogP contribution in [0, 0.1) is 0 Å². The van der Waals surface area contributed by atoms with Crippen LogP contribution in [0.1, 0.15) is 25.1 Å². The first-order valence-corrected chi connectivity index (χ1v) is 9.02. The van der Waals surface area contributed by atoms with E-state index in [9.17, 15) is 4.79 Å². The molecule has 0 saturated carbocycles. The maximum atomic E-state index is 12.7. The fourth-order valence-electron chi connectivity index (χ4n) is 2.70. The summed E-state index contributed by atoms with van der Waals surface area (Å²) in [7, 11) is 0. The summed E-state index contributed by atoms with van der Waals surface area (Å²) < 4.78 is -0.626. The Labute approximate surface area is 160 Å². The number of Topliss-reactive ketones (excluding diaryl/α,β-unsaturated/α-hetero) is 1. The van der Waals surface area contributed by atoms with Gasteiger partial charge in [0.2, 0.25) is 5.78 Å². The molecule has 0 amide bonds. The molecule has 6 nitrogen and oxygen atoms in total. The van der Waals surface area contributed by atoms with Gasteiger partial charge in [-0.3, -0.25) is 4.79 Å². The Morgan fingerprint density at radius 3 is 2.40 bits per heavy atom. The number of aromatic nitrogens is 4. The third-order valence-corrected chi connectivity index (χ3v) is 4.43. The standard InChI is InChI=1S/C16H16Cl3N5O/c17-16(18,19)14(25)13(11-23-9-5-2-6-10-23)15-20-21-22-24(15)12-7-3-1-4-8-12/h1,3-4,7-8,11H,2,5-6,9-10H2/b13-11-. The maximum absolute atomic E-state index is 12.7. The van der Waals surface area contributed by atoms with Crippen molar-refractivity contribution in [2.45, 2.75) is 23.1 Å². The van der Waals surface area contributed by atoms with Gasteiger partial charge in [0.15, 0.2) is 5.82 Å². The molecule has 3 rings (SSSR count). The topological polar surface area (TPSA) is 63.9 Å². The lowest BCUT2D eigenvalue weighted by atomic mass is 10.1. The van der Waals surface area contributed by atoms with Crippen LogP contribution in [0.5, 0.6) is 0 Å². The number of nitrogens with zero attached hydrogens (tertiary/aromatic N) is 5. The van der Waals surface area contributed by atoms with Gasteiger partial charge in [-0.25, -0.2) is 0 Å². The van der Waals surface area contributed by atoms with Crippen molar-refractivity contribution in [1.29, 1.82) is 0 Å². The van der Waals surface area contributed by atoms with E-state index in [1.54, 1.807) is 6.20 Å². The number of halogens is 3. The average molecular weight is 401 g/mol. The van der Waals surface area contributed by atoms with Crippen molar-refractivity contribution in [1.82, 2.24) is 25.1 Å². The fraction of sp³-hybridized carbons (Fsp3) is 0.375. The van der Waals surface area contributed by atoms with E-state index in [0.717, 1.165) is 25.9 Å². The Morgan fingerprint density at radius 1 is 1.08 bits per heavy atom. The fourth-order valence-corrected chi connectivity index (χ4v) is 3.00. The first-order valence-electron chi connectivity index (χ1n) is 7.88.